The summed E-state index contributed by atoms with van der Waals surface area (Å²) in [5, 5.41) is 12.7. The molecule has 1 aromatic heterocycles. The molecule has 0 bridgehead atoms. The van der Waals surface area contributed by atoms with Crippen LogP contribution in [-0.2, 0) is 0 Å². The molecule has 0 unspecified atom stereocenters. The van der Waals surface area contributed by atoms with Crippen molar-refractivity contribution in [2.75, 3.05) is 0 Å². The largest absolute Gasteiger partial charge is 0.285 e. The van der Waals surface area contributed by atoms with Gasteiger partial charge in [-0.1, -0.05) is 44.2 Å². The Kier molecular flexibility index (Phi) is 4.15. The summed E-state index contributed by atoms with van der Waals surface area (Å²) < 4.78 is 0. The molecule has 0 aliphatic heterocycles. The van der Waals surface area contributed by atoms with Crippen molar-refractivity contribution < 1.29 is 4.79 Å². The highest BCUT2D eigenvalue weighted by molar-refractivity contribution is 6.06. The van der Waals surface area contributed by atoms with Gasteiger partial charge in [-0.25, -0.2) is 0 Å². The van der Waals surface area contributed by atoms with Crippen molar-refractivity contribution in [1.82, 2.24) is 20.6 Å². The SMILES string of the molecule is CC.O=C(c1ccccc1)c1nn[nH]n1. The van der Waals surface area contributed by atoms with Gasteiger partial charge in [0.15, 0.2) is 0 Å². The molecule has 0 aliphatic rings. The van der Waals surface area contributed by atoms with Crippen LogP contribution in [0.2, 0.25) is 0 Å². The Morgan fingerprint density at radius 2 is 1.87 bits per heavy atom. The normalized spacial score (nSPS) is 8.93. The zero-order valence-corrected chi connectivity index (χ0v) is 8.64. The fourth-order valence-corrected chi connectivity index (χ4v) is 0.977. The van der Waals surface area contributed by atoms with Gasteiger partial charge in [0.25, 0.3) is 0 Å². The number of carbonyl (C=O) groups excluding carboxylic acids is 1. The van der Waals surface area contributed by atoms with E-state index in [0.29, 0.717) is 5.56 Å². The maximum absolute atomic E-state index is 11.5. The lowest BCUT2D eigenvalue weighted by Crippen LogP contribution is -2.03. The van der Waals surface area contributed by atoms with Crippen LogP contribution in [0.4, 0.5) is 0 Å². The van der Waals surface area contributed by atoms with E-state index in [0.717, 1.165) is 0 Å². The molecule has 5 nitrogen and oxygen atoms in total. The molecule has 15 heavy (non-hydrogen) atoms. The summed E-state index contributed by atoms with van der Waals surface area (Å²) in [5.41, 5.74) is 0.559. The van der Waals surface area contributed by atoms with Crippen molar-refractivity contribution >= 4 is 5.78 Å². The lowest BCUT2D eigenvalue weighted by Gasteiger charge is -1.92. The van der Waals surface area contributed by atoms with Crippen molar-refractivity contribution in [1.29, 1.82) is 0 Å². The number of aromatic nitrogens is 4. The van der Waals surface area contributed by atoms with E-state index in [1.807, 2.05) is 19.9 Å². The lowest BCUT2D eigenvalue weighted by atomic mass is 10.1. The van der Waals surface area contributed by atoms with E-state index < -0.39 is 0 Å². The average Bonchev–Trinajstić information content (AvgIpc) is 2.85. The highest BCUT2D eigenvalue weighted by Crippen LogP contribution is 2.03. The molecule has 2 aromatic rings. The van der Waals surface area contributed by atoms with E-state index in [1.54, 1.807) is 24.3 Å². The topological polar surface area (TPSA) is 71.5 Å². The second-order valence-corrected chi connectivity index (χ2v) is 2.43. The molecule has 1 heterocycles. The van der Waals surface area contributed by atoms with Crippen LogP contribution >= 0.6 is 0 Å². The first-order valence-corrected chi connectivity index (χ1v) is 4.71. The summed E-state index contributed by atoms with van der Waals surface area (Å²) in [6, 6.07) is 8.82. The van der Waals surface area contributed by atoms with E-state index in [9.17, 15) is 4.79 Å². The number of aromatic amines is 1. The van der Waals surface area contributed by atoms with E-state index in [4.69, 9.17) is 0 Å². The third-order valence-corrected chi connectivity index (χ3v) is 1.58. The Balaban J connectivity index is 0.000000531. The van der Waals surface area contributed by atoms with Crippen LogP contribution < -0.4 is 0 Å². The lowest BCUT2D eigenvalue weighted by molar-refractivity contribution is 0.102. The molecule has 1 N–H and O–H groups in total. The van der Waals surface area contributed by atoms with Crippen LogP contribution in [-0.4, -0.2) is 26.4 Å². The van der Waals surface area contributed by atoms with Crippen LogP contribution in [0.3, 0.4) is 0 Å². The third kappa shape index (κ3) is 2.70. The number of tetrazole rings is 1. The summed E-state index contributed by atoms with van der Waals surface area (Å²) in [6.07, 6.45) is 0. The number of ketones is 1. The van der Waals surface area contributed by atoms with Crippen LogP contribution in [0.25, 0.3) is 0 Å². The van der Waals surface area contributed by atoms with Crippen LogP contribution in [0, 0.1) is 0 Å². The molecule has 0 amide bonds. The van der Waals surface area contributed by atoms with Crippen molar-refractivity contribution in [2.45, 2.75) is 13.8 Å². The minimum atomic E-state index is -0.227. The molecular weight excluding hydrogens is 192 g/mol. The number of rotatable bonds is 2. The molecule has 0 spiro atoms. The first-order chi connectivity index (χ1) is 7.38. The number of benzene rings is 1. The second-order valence-electron chi connectivity index (χ2n) is 2.43. The summed E-state index contributed by atoms with van der Waals surface area (Å²) in [6.45, 7) is 4.00. The smallest absolute Gasteiger partial charge is 0.245 e. The minimum absolute atomic E-state index is 0.0891. The van der Waals surface area contributed by atoms with Crippen LogP contribution in [0.15, 0.2) is 30.3 Å². The molecular formula is C10H12N4O. The fraction of sp³-hybridized carbons (Fsp3) is 0.200. The number of H-pyrrole nitrogens is 1. The van der Waals surface area contributed by atoms with Crippen LogP contribution in [0.1, 0.15) is 30.0 Å². The van der Waals surface area contributed by atoms with Gasteiger partial charge >= 0.3 is 0 Å². The average molecular weight is 204 g/mol. The summed E-state index contributed by atoms with van der Waals surface area (Å²) in [5.74, 6) is -0.138. The van der Waals surface area contributed by atoms with Crippen molar-refractivity contribution in [2.24, 2.45) is 0 Å². The number of nitrogens with zero attached hydrogens (tertiary/aromatic N) is 3. The van der Waals surface area contributed by atoms with Gasteiger partial charge in [-0.2, -0.15) is 5.21 Å². The van der Waals surface area contributed by atoms with Gasteiger partial charge in [-0.05, 0) is 5.21 Å². The van der Waals surface area contributed by atoms with Gasteiger partial charge in [-0.15, -0.1) is 10.2 Å². The van der Waals surface area contributed by atoms with Crippen molar-refractivity contribution in [3.8, 4) is 0 Å². The summed E-state index contributed by atoms with van der Waals surface area (Å²) in [4.78, 5) is 11.5. The number of nitrogens with one attached hydrogen (secondary N) is 1. The van der Waals surface area contributed by atoms with E-state index in [-0.39, 0.29) is 11.6 Å². The predicted octanol–water partition coefficient (Wildman–Crippen LogP) is 1.46. The van der Waals surface area contributed by atoms with Gasteiger partial charge in [-0.3, -0.25) is 4.79 Å². The Morgan fingerprint density at radius 1 is 1.20 bits per heavy atom. The highest BCUT2D eigenvalue weighted by atomic mass is 16.1. The minimum Gasteiger partial charge on any atom is -0.285 e. The Hall–Kier alpha value is -2.04. The third-order valence-electron chi connectivity index (χ3n) is 1.58. The van der Waals surface area contributed by atoms with Gasteiger partial charge in [0.2, 0.25) is 11.6 Å². The van der Waals surface area contributed by atoms with Gasteiger partial charge in [0, 0.05) is 5.56 Å². The van der Waals surface area contributed by atoms with Crippen molar-refractivity contribution in [3.63, 3.8) is 0 Å². The summed E-state index contributed by atoms with van der Waals surface area (Å²) in [7, 11) is 0. The molecule has 2 rings (SSSR count). The van der Waals surface area contributed by atoms with Crippen molar-refractivity contribution in [3.05, 3.63) is 41.7 Å². The molecule has 0 saturated carbocycles. The molecule has 1 aromatic carbocycles. The quantitative estimate of drug-likeness (QED) is 0.751. The van der Waals surface area contributed by atoms with Gasteiger partial charge in [0.05, 0.1) is 0 Å². The molecule has 0 radical (unpaired) electrons. The molecule has 0 aliphatic carbocycles. The Labute approximate surface area is 87.5 Å². The monoisotopic (exact) mass is 204 g/mol. The molecule has 78 valence electrons. The Bertz CT molecular complexity index is 397. The van der Waals surface area contributed by atoms with Gasteiger partial charge < -0.3 is 0 Å². The Morgan fingerprint density at radius 3 is 2.40 bits per heavy atom. The fourth-order valence-electron chi connectivity index (χ4n) is 0.977. The standard InChI is InChI=1S/C8H6N4O.C2H6/c13-7(8-9-11-12-10-8)6-4-2-1-3-5-6;1-2/h1-5H,(H,9,10,11,12);1-2H3. The number of hydrogen-bond donors (Lipinski definition) is 1. The van der Waals surface area contributed by atoms with E-state index in [2.05, 4.69) is 20.6 Å². The molecule has 0 atom stereocenters. The zero-order chi connectivity index (χ0) is 11.1. The molecule has 5 heteroatoms. The summed E-state index contributed by atoms with van der Waals surface area (Å²) >= 11 is 0. The molecule has 0 saturated heterocycles. The van der Waals surface area contributed by atoms with E-state index in [1.165, 1.54) is 0 Å². The maximum atomic E-state index is 11.5. The maximum Gasteiger partial charge on any atom is 0.245 e. The second kappa shape index (κ2) is 5.64. The number of carbonyl (C=O) groups is 1. The first kappa shape index (κ1) is 11.0. The number of hydrogen-bond acceptors (Lipinski definition) is 4. The van der Waals surface area contributed by atoms with Gasteiger partial charge in [0.1, 0.15) is 0 Å². The van der Waals surface area contributed by atoms with Crippen LogP contribution in [0.5, 0.6) is 0 Å². The zero-order valence-electron chi connectivity index (χ0n) is 8.64. The van der Waals surface area contributed by atoms with E-state index >= 15 is 0 Å². The first-order valence-electron chi connectivity index (χ1n) is 4.71. The molecule has 0 fully saturated rings. The highest BCUT2D eigenvalue weighted by Gasteiger charge is 2.12. The predicted molar refractivity (Wildman–Crippen MR) is 55.4 cm³/mol.